The van der Waals surface area contributed by atoms with E-state index >= 15 is 0 Å². The fraction of sp³-hybridized carbons (Fsp3) is 0.133. The van der Waals surface area contributed by atoms with Gasteiger partial charge in [0.25, 0.3) is 0 Å². The van der Waals surface area contributed by atoms with Gasteiger partial charge in [-0.25, -0.2) is 0 Å². The van der Waals surface area contributed by atoms with E-state index in [1.54, 1.807) is 11.3 Å². The standard InChI is InChI=1S/C15H11N5S/c16-20-17-7-9-1-2-10-6-13-14(11-3-4-21-8-11)18-19-15(13)12(10)5-9/h1-5,8H,6-7H2,(H,18,19). The van der Waals surface area contributed by atoms with Crippen molar-refractivity contribution in [2.75, 3.05) is 0 Å². The Labute approximate surface area is 124 Å². The van der Waals surface area contributed by atoms with E-state index in [1.165, 1.54) is 22.3 Å². The smallest absolute Gasteiger partial charge is 0.0970 e. The van der Waals surface area contributed by atoms with Crippen molar-refractivity contribution in [1.29, 1.82) is 0 Å². The number of aromatic nitrogens is 2. The second-order valence-corrected chi connectivity index (χ2v) is 5.78. The minimum atomic E-state index is 0.380. The van der Waals surface area contributed by atoms with Gasteiger partial charge >= 0.3 is 0 Å². The second kappa shape index (κ2) is 4.77. The first-order valence-corrected chi connectivity index (χ1v) is 7.54. The van der Waals surface area contributed by atoms with Gasteiger partial charge in [-0.2, -0.15) is 16.4 Å². The third kappa shape index (κ3) is 1.93. The lowest BCUT2D eigenvalue weighted by Crippen LogP contribution is -1.87. The maximum absolute atomic E-state index is 8.43. The van der Waals surface area contributed by atoms with Gasteiger partial charge in [0.1, 0.15) is 0 Å². The number of H-pyrrole nitrogens is 1. The molecule has 0 aliphatic heterocycles. The Hall–Kier alpha value is -2.56. The Bertz CT molecular complexity index is 856. The van der Waals surface area contributed by atoms with Gasteiger partial charge in [0, 0.05) is 33.4 Å². The van der Waals surface area contributed by atoms with E-state index in [0.29, 0.717) is 6.54 Å². The van der Waals surface area contributed by atoms with E-state index in [2.05, 4.69) is 49.2 Å². The lowest BCUT2D eigenvalue weighted by atomic mass is 10.1. The zero-order valence-corrected chi connectivity index (χ0v) is 11.9. The van der Waals surface area contributed by atoms with Crippen LogP contribution in [0.25, 0.3) is 33.0 Å². The Kier molecular flexibility index (Phi) is 2.77. The lowest BCUT2D eigenvalue weighted by molar-refractivity contribution is 1.04. The van der Waals surface area contributed by atoms with Crippen LogP contribution in [-0.4, -0.2) is 10.2 Å². The Morgan fingerprint density at radius 1 is 1.38 bits per heavy atom. The number of azide groups is 1. The SMILES string of the molecule is [N-]=[N+]=NCc1ccc2c(c1)-c1[nH]nc(-c3ccsc3)c1C2. The number of nitrogens with zero attached hydrogens (tertiary/aromatic N) is 4. The van der Waals surface area contributed by atoms with Gasteiger partial charge in [0.2, 0.25) is 0 Å². The molecule has 21 heavy (non-hydrogen) atoms. The molecule has 0 unspecified atom stereocenters. The molecule has 4 rings (SSSR count). The van der Waals surface area contributed by atoms with Crippen molar-refractivity contribution in [2.24, 2.45) is 5.11 Å². The molecule has 1 aliphatic rings. The average molecular weight is 293 g/mol. The van der Waals surface area contributed by atoms with Crippen LogP contribution in [0.2, 0.25) is 0 Å². The topological polar surface area (TPSA) is 77.4 Å². The Morgan fingerprint density at radius 2 is 2.33 bits per heavy atom. The van der Waals surface area contributed by atoms with E-state index in [9.17, 15) is 0 Å². The minimum Gasteiger partial charge on any atom is -0.277 e. The quantitative estimate of drug-likeness (QED) is 0.336. The van der Waals surface area contributed by atoms with Crippen LogP contribution < -0.4 is 0 Å². The lowest BCUT2D eigenvalue weighted by Gasteiger charge is -2.02. The second-order valence-electron chi connectivity index (χ2n) is 5.00. The molecule has 5 nitrogen and oxygen atoms in total. The molecule has 0 spiro atoms. The number of nitrogens with one attached hydrogen (secondary N) is 1. The molecule has 0 saturated heterocycles. The van der Waals surface area contributed by atoms with Crippen LogP contribution in [0.5, 0.6) is 0 Å². The molecule has 3 aromatic rings. The van der Waals surface area contributed by atoms with Gasteiger partial charge in [-0.15, -0.1) is 0 Å². The van der Waals surface area contributed by atoms with E-state index in [1.807, 2.05) is 6.07 Å². The molecule has 6 heteroatoms. The van der Waals surface area contributed by atoms with Crippen molar-refractivity contribution in [3.63, 3.8) is 0 Å². The molecule has 0 fully saturated rings. The number of aromatic amines is 1. The van der Waals surface area contributed by atoms with Crippen LogP contribution in [-0.2, 0) is 13.0 Å². The highest BCUT2D eigenvalue weighted by Crippen LogP contribution is 2.40. The van der Waals surface area contributed by atoms with Crippen LogP contribution in [0.15, 0.2) is 40.1 Å². The molecule has 0 saturated carbocycles. The summed E-state index contributed by atoms with van der Waals surface area (Å²) in [6, 6.07) is 8.32. The summed E-state index contributed by atoms with van der Waals surface area (Å²) in [5.41, 5.74) is 16.5. The summed E-state index contributed by atoms with van der Waals surface area (Å²) in [6.45, 7) is 0.380. The highest BCUT2D eigenvalue weighted by Gasteiger charge is 2.25. The van der Waals surface area contributed by atoms with Gasteiger partial charge in [0.05, 0.1) is 17.9 Å². The van der Waals surface area contributed by atoms with Crippen LogP contribution in [0.1, 0.15) is 16.7 Å². The van der Waals surface area contributed by atoms with E-state index < -0.39 is 0 Å². The van der Waals surface area contributed by atoms with Crippen LogP contribution in [0, 0.1) is 0 Å². The van der Waals surface area contributed by atoms with Crippen LogP contribution in [0.3, 0.4) is 0 Å². The van der Waals surface area contributed by atoms with Gasteiger partial charge in [-0.3, -0.25) is 5.10 Å². The van der Waals surface area contributed by atoms with E-state index in [-0.39, 0.29) is 0 Å². The maximum Gasteiger partial charge on any atom is 0.0970 e. The normalized spacial score (nSPS) is 11.8. The largest absolute Gasteiger partial charge is 0.277 e. The van der Waals surface area contributed by atoms with Crippen LogP contribution >= 0.6 is 11.3 Å². The number of hydrogen-bond acceptors (Lipinski definition) is 3. The van der Waals surface area contributed by atoms with E-state index in [4.69, 9.17) is 5.53 Å². The number of fused-ring (bicyclic) bond motifs is 3. The average Bonchev–Trinajstić information content (AvgIpc) is 3.20. The zero-order valence-electron chi connectivity index (χ0n) is 11.1. The number of hydrogen-bond donors (Lipinski definition) is 1. The maximum atomic E-state index is 8.43. The van der Waals surface area contributed by atoms with Gasteiger partial charge in [0.15, 0.2) is 0 Å². The molecular weight excluding hydrogens is 282 g/mol. The summed E-state index contributed by atoms with van der Waals surface area (Å²) >= 11 is 1.68. The Balaban J connectivity index is 1.79. The van der Waals surface area contributed by atoms with Crippen molar-refractivity contribution in [3.8, 4) is 22.5 Å². The summed E-state index contributed by atoms with van der Waals surface area (Å²) < 4.78 is 0. The Morgan fingerprint density at radius 3 is 3.14 bits per heavy atom. The summed E-state index contributed by atoms with van der Waals surface area (Å²) in [6.07, 6.45) is 0.897. The van der Waals surface area contributed by atoms with Crippen molar-refractivity contribution < 1.29 is 0 Å². The first-order valence-electron chi connectivity index (χ1n) is 6.59. The first-order chi connectivity index (χ1) is 10.4. The highest BCUT2D eigenvalue weighted by molar-refractivity contribution is 7.08. The van der Waals surface area contributed by atoms with Crippen molar-refractivity contribution in [1.82, 2.24) is 10.2 Å². The van der Waals surface area contributed by atoms with Gasteiger partial charge in [-0.1, -0.05) is 17.2 Å². The number of benzene rings is 1. The predicted octanol–water partition coefficient (Wildman–Crippen LogP) is 4.52. The van der Waals surface area contributed by atoms with E-state index in [0.717, 1.165) is 23.4 Å². The molecule has 0 atom stereocenters. The molecule has 102 valence electrons. The van der Waals surface area contributed by atoms with Crippen molar-refractivity contribution >= 4 is 11.3 Å². The monoisotopic (exact) mass is 293 g/mol. The molecule has 0 amide bonds. The summed E-state index contributed by atoms with van der Waals surface area (Å²) in [7, 11) is 0. The fourth-order valence-corrected chi connectivity index (χ4v) is 3.45. The van der Waals surface area contributed by atoms with Crippen LogP contribution in [0.4, 0.5) is 0 Å². The minimum absolute atomic E-state index is 0.380. The molecule has 0 bridgehead atoms. The molecule has 1 aliphatic carbocycles. The fourth-order valence-electron chi connectivity index (χ4n) is 2.81. The molecule has 1 N–H and O–H groups in total. The first kappa shape index (κ1) is 12.2. The van der Waals surface area contributed by atoms with Gasteiger partial charge in [-0.05, 0) is 34.2 Å². The molecule has 0 radical (unpaired) electrons. The highest BCUT2D eigenvalue weighted by atomic mass is 32.1. The van der Waals surface area contributed by atoms with Crippen molar-refractivity contribution in [3.05, 3.63) is 62.2 Å². The summed E-state index contributed by atoms with van der Waals surface area (Å²) in [4.78, 5) is 2.81. The number of rotatable bonds is 3. The van der Waals surface area contributed by atoms with Gasteiger partial charge < -0.3 is 0 Å². The molecule has 2 aromatic heterocycles. The van der Waals surface area contributed by atoms with Crippen molar-refractivity contribution in [2.45, 2.75) is 13.0 Å². The molecular formula is C15H11N5S. The summed E-state index contributed by atoms with van der Waals surface area (Å²) in [5, 5.41) is 15.4. The molecule has 1 aromatic carbocycles. The zero-order chi connectivity index (χ0) is 14.2. The predicted molar refractivity (Wildman–Crippen MR) is 83.0 cm³/mol. The third-order valence-electron chi connectivity index (χ3n) is 3.79. The third-order valence-corrected chi connectivity index (χ3v) is 4.47. The number of thiophene rings is 1. The molecule has 2 heterocycles. The summed E-state index contributed by atoms with van der Waals surface area (Å²) in [5.74, 6) is 0.